The average Bonchev–Trinajstić information content (AvgIpc) is 3.43. The highest BCUT2D eigenvalue weighted by Gasteiger charge is 2.29. The first kappa shape index (κ1) is 18.2. The molecule has 4 nitrogen and oxygen atoms in total. The Bertz CT molecular complexity index is 905. The molecule has 2 aromatic heterocycles. The summed E-state index contributed by atoms with van der Waals surface area (Å²) in [5, 5.41) is 5.07. The molecule has 0 saturated carbocycles. The van der Waals surface area contributed by atoms with Crippen LogP contribution in [0.25, 0.3) is 9.88 Å². The van der Waals surface area contributed by atoms with Gasteiger partial charge in [-0.1, -0.05) is 18.2 Å². The van der Waals surface area contributed by atoms with E-state index in [0.29, 0.717) is 6.42 Å². The third kappa shape index (κ3) is 4.22. The summed E-state index contributed by atoms with van der Waals surface area (Å²) in [4.78, 5) is 20.8. The number of carbonyl (C=O) groups is 1. The average molecular weight is 399 g/mol. The van der Waals surface area contributed by atoms with E-state index in [-0.39, 0.29) is 11.9 Å². The Hall–Kier alpha value is -2.18. The number of carbonyl (C=O) groups excluding carboxylic acids is 1. The van der Waals surface area contributed by atoms with E-state index in [1.54, 1.807) is 29.8 Å². The van der Waals surface area contributed by atoms with Crippen LogP contribution in [0.2, 0.25) is 0 Å². The highest BCUT2D eigenvalue weighted by Crippen LogP contribution is 2.29. The van der Waals surface area contributed by atoms with Crippen LogP contribution in [0, 0.1) is 0 Å². The molecule has 0 spiro atoms. The van der Waals surface area contributed by atoms with Crippen molar-refractivity contribution in [2.24, 2.45) is 0 Å². The van der Waals surface area contributed by atoms with Crippen molar-refractivity contribution in [3.63, 3.8) is 0 Å². The highest BCUT2D eigenvalue weighted by atomic mass is 32.1. The first-order valence-corrected chi connectivity index (χ1v) is 10.9. The molecule has 1 amide bonds. The van der Waals surface area contributed by atoms with Gasteiger partial charge in [0.05, 0.1) is 24.1 Å². The van der Waals surface area contributed by atoms with Gasteiger partial charge in [-0.05, 0) is 48.4 Å². The van der Waals surface area contributed by atoms with Crippen LogP contribution in [-0.2, 0) is 17.6 Å². The van der Waals surface area contributed by atoms with E-state index in [0.717, 1.165) is 47.1 Å². The van der Waals surface area contributed by atoms with E-state index < -0.39 is 0 Å². The molecule has 27 heavy (non-hydrogen) atoms. The summed E-state index contributed by atoms with van der Waals surface area (Å²) >= 11 is 3.29. The summed E-state index contributed by atoms with van der Waals surface area (Å²) in [7, 11) is 1.68. The first-order valence-electron chi connectivity index (χ1n) is 9.13. The zero-order valence-corrected chi connectivity index (χ0v) is 16.9. The van der Waals surface area contributed by atoms with Gasteiger partial charge in [0.15, 0.2) is 0 Å². The molecule has 0 N–H and O–H groups in total. The van der Waals surface area contributed by atoms with Crippen LogP contribution in [0.15, 0.2) is 47.2 Å². The number of likely N-dealkylation sites (tertiary alicyclic amines) is 1. The second kappa shape index (κ2) is 8.23. The minimum absolute atomic E-state index is 0.184. The van der Waals surface area contributed by atoms with Gasteiger partial charge in [-0.2, -0.15) is 0 Å². The lowest BCUT2D eigenvalue weighted by Gasteiger charge is -2.25. The number of amides is 1. The Kier molecular flexibility index (Phi) is 5.55. The number of ether oxygens (including phenoxy) is 1. The number of rotatable bonds is 6. The number of thiophene rings is 1. The molecule has 1 unspecified atom stereocenters. The van der Waals surface area contributed by atoms with Crippen LogP contribution in [0.3, 0.4) is 0 Å². The van der Waals surface area contributed by atoms with Crippen LogP contribution in [0.1, 0.15) is 24.1 Å². The molecule has 3 aromatic rings. The zero-order valence-electron chi connectivity index (χ0n) is 15.3. The van der Waals surface area contributed by atoms with Gasteiger partial charge in [0.2, 0.25) is 5.91 Å². The standard InChI is InChI=1S/C21H22N2O2S2/c1-25-18-7-2-5-15(12-18)11-17-6-3-9-23(17)20(24)13-16-14-27-21(22-16)19-8-4-10-26-19/h2,4-5,7-8,10,12,14,17H,3,6,9,11,13H2,1H3. The lowest BCUT2D eigenvalue weighted by Crippen LogP contribution is -2.37. The highest BCUT2D eigenvalue weighted by molar-refractivity contribution is 7.20. The van der Waals surface area contributed by atoms with Crippen LogP contribution in [0.5, 0.6) is 5.75 Å². The lowest BCUT2D eigenvalue weighted by molar-refractivity contribution is -0.131. The van der Waals surface area contributed by atoms with Crippen molar-refractivity contribution in [2.45, 2.75) is 31.7 Å². The maximum atomic E-state index is 12.9. The fraction of sp³-hybridized carbons (Fsp3) is 0.333. The van der Waals surface area contributed by atoms with Gasteiger partial charge in [0.1, 0.15) is 10.8 Å². The molecule has 1 saturated heterocycles. The van der Waals surface area contributed by atoms with Gasteiger partial charge in [0, 0.05) is 18.0 Å². The van der Waals surface area contributed by atoms with Crippen LogP contribution < -0.4 is 4.74 Å². The maximum Gasteiger partial charge on any atom is 0.228 e. The summed E-state index contributed by atoms with van der Waals surface area (Å²) in [6.07, 6.45) is 3.38. The van der Waals surface area contributed by atoms with E-state index in [1.165, 1.54) is 5.56 Å². The molecule has 1 aliphatic heterocycles. The fourth-order valence-electron chi connectivity index (χ4n) is 3.61. The van der Waals surface area contributed by atoms with E-state index in [4.69, 9.17) is 4.74 Å². The molecule has 4 rings (SSSR count). The maximum absolute atomic E-state index is 12.9. The summed E-state index contributed by atoms with van der Waals surface area (Å²) in [5.41, 5.74) is 2.09. The van der Waals surface area contributed by atoms with Gasteiger partial charge in [-0.25, -0.2) is 4.98 Å². The van der Waals surface area contributed by atoms with E-state index >= 15 is 0 Å². The van der Waals surface area contributed by atoms with Crippen molar-refractivity contribution >= 4 is 28.6 Å². The number of nitrogens with zero attached hydrogens (tertiary/aromatic N) is 2. The number of benzene rings is 1. The normalized spacial score (nSPS) is 16.6. The van der Waals surface area contributed by atoms with Crippen molar-refractivity contribution in [2.75, 3.05) is 13.7 Å². The number of hydrogen-bond acceptors (Lipinski definition) is 5. The van der Waals surface area contributed by atoms with Gasteiger partial charge in [0.25, 0.3) is 0 Å². The van der Waals surface area contributed by atoms with Crippen molar-refractivity contribution in [1.82, 2.24) is 9.88 Å². The smallest absolute Gasteiger partial charge is 0.228 e. The monoisotopic (exact) mass is 398 g/mol. The molecule has 3 heterocycles. The van der Waals surface area contributed by atoms with Crippen molar-refractivity contribution < 1.29 is 9.53 Å². The molecule has 0 radical (unpaired) electrons. The fourth-order valence-corrected chi connectivity index (χ4v) is 5.24. The Morgan fingerprint density at radius 1 is 1.30 bits per heavy atom. The Morgan fingerprint density at radius 3 is 3.04 bits per heavy atom. The van der Waals surface area contributed by atoms with Gasteiger partial charge in [-0.15, -0.1) is 22.7 Å². The van der Waals surface area contributed by atoms with Crippen LogP contribution >= 0.6 is 22.7 Å². The number of hydrogen-bond donors (Lipinski definition) is 0. The SMILES string of the molecule is COc1cccc(CC2CCCN2C(=O)Cc2csc(-c3cccs3)n2)c1. The molecule has 0 aliphatic carbocycles. The Labute approximate surface area is 167 Å². The molecule has 140 valence electrons. The zero-order chi connectivity index (χ0) is 18.6. The number of thiazole rings is 1. The van der Waals surface area contributed by atoms with Crippen molar-refractivity contribution in [1.29, 1.82) is 0 Å². The van der Waals surface area contributed by atoms with Gasteiger partial charge < -0.3 is 9.64 Å². The molecule has 1 atom stereocenters. The van der Waals surface area contributed by atoms with Crippen molar-refractivity contribution in [3.05, 3.63) is 58.4 Å². The van der Waals surface area contributed by atoms with E-state index in [9.17, 15) is 4.79 Å². The summed E-state index contributed by atoms with van der Waals surface area (Å²) in [6, 6.07) is 12.5. The number of methoxy groups -OCH3 is 1. The van der Waals surface area contributed by atoms with Crippen LogP contribution in [-0.4, -0.2) is 35.5 Å². The third-order valence-electron chi connectivity index (χ3n) is 4.92. The second-order valence-corrected chi connectivity index (χ2v) is 8.54. The van der Waals surface area contributed by atoms with Gasteiger partial charge in [-0.3, -0.25) is 4.79 Å². The Morgan fingerprint density at radius 2 is 2.22 bits per heavy atom. The lowest BCUT2D eigenvalue weighted by atomic mass is 10.0. The summed E-state index contributed by atoms with van der Waals surface area (Å²) in [5.74, 6) is 1.05. The molecule has 1 aliphatic rings. The molecular weight excluding hydrogens is 376 g/mol. The molecule has 0 bridgehead atoms. The van der Waals surface area contributed by atoms with E-state index in [1.807, 2.05) is 28.5 Å². The molecular formula is C21H22N2O2S2. The third-order valence-corrected chi connectivity index (χ3v) is 6.85. The predicted octanol–water partition coefficient (Wildman–Crippen LogP) is 4.66. The molecule has 6 heteroatoms. The van der Waals surface area contributed by atoms with Crippen molar-refractivity contribution in [3.8, 4) is 15.6 Å². The minimum Gasteiger partial charge on any atom is -0.497 e. The van der Waals surface area contributed by atoms with Crippen LogP contribution in [0.4, 0.5) is 0 Å². The predicted molar refractivity (Wildman–Crippen MR) is 111 cm³/mol. The van der Waals surface area contributed by atoms with Gasteiger partial charge >= 0.3 is 0 Å². The molecule has 1 fully saturated rings. The topological polar surface area (TPSA) is 42.4 Å². The first-order chi connectivity index (χ1) is 13.2. The summed E-state index contributed by atoms with van der Waals surface area (Å²) in [6.45, 7) is 0.843. The minimum atomic E-state index is 0.184. The molecule has 1 aromatic carbocycles. The largest absolute Gasteiger partial charge is 0.497 e. The number of aromatic nitrogens is 1. The second-order valence-electron chi connectivity index (χ2n) is 6.74. The summed E-state index contributed by atoms with van der Waals surface area (Å²) < 4.78 is 5.32. The quantitative estimate of drug-likeness (QED) is 0.607. The van der Waals surface area contributed by atoms with E-state index in [2.05, 4.69) is 28.6 Å². The Balaban J connectivity index is 1.41.